The number of rotatable bonds is 3. The van der Waals surface area contributed by atoms with Crippen LogP contribution in [0.4, 0.5) is 4.39 Å². The average molecular weight is 325 g/mol. The van der Waals surface area contributed by atoms with E-state index in [0.29, 0.717) is 11.6 Å². The maximum atomic E-state index is 14.4. The summed E-state index contributed by atoms with van der Waals surface area (Å²) in [5, 5.41) is 5.43. The van der Waals surface area contributed by atoms with Crippen LogP contribution in [0.1, 0.15) is 13.8 Å². The Hall–Kier alpha value is -2.33. The second kappa shape index (κ2) is 7.05. The summed E-state index contributed by atoms with van der Waals surface area (Å²) in [6.07, 6.45) is 5.59. The molecule has 0 spiro atoms. The molecule has 3 rings (SSSR count). The smallest absolute Gasteiger partial charge is 0.131 e. The third kappa shape index (κ3) is 3.02. The van der Waals surface area contributed by atoms with Crippen LogP contribution in [0.15, 0.2) is 43.1 Å². The Kier molecular flexibility index (Phi) is 4.86. The SMILES string of the molecule is C=C/C=c1/[nH]cc(-c2ccccc2F)/c1=C(/C)N1CCNC[C@@H]1C. The second-order valence-electron chi connectivity index (χ2n) is 6.21. The van der Waals surface area contributed by atoms with Crippen molar-refractivity contribution in [3.63, 3.8) is 0 Å². The van der Waals surface area contributed by atoms with Crippen LogP contribution in [0.2, 0.25) is 0 Å². The van der Waals surface area contributed by atoms with Crippen LogP contribution in [0, 0.1) is 5.82 Å². The number of piperazine rings is 1. The zero-order chi connectivity index (χ0) is 17.1. The first kappa shape index (κ1) is 16.5. The second-order valence-corrected chi connectivity index (χ2v) is 6.21. The molecule has 3 nitrogen and oxygen atoms in total. The maximum Gasteiger partial charge on any atom is 0.131 e. The normalized spacial score (nSPS) is 20.2. The van der Waals surface area contributed by atoms with E-state index in [0.717, 1.165) is 41.5 Å². The van der Waals surface area contributed by atoms with E-state index in [9.17, 15) is 4.39 Å². The van der Waals surface area contributed by atoms with E-state index in [1.165, 1.54) is 6.07 Å². The molecule has 0 saturated carbocycles. The highest BCUT2D eigenvalue weighted by Crippen LogP contribution is 2.20. The lowest BCUT2D eigenvalue weighted by Crippen LogP contribution is -2.50. The van der Waals surface area contributed by atoms with Gasteiger partial charge in [0.05, 0.1) is 0 Å². The monoisotopic (exact) mass is 325 g/mol. The third-order valence-electron chi connectivity index (χ3n) is 4.65. The van der Waals surface area contributed by atoms with Crippen molar-refractivity contribution in [1.29, 1.82) is 0 Å². The minimum atomic E-state index is -0.205. The lowest BCUT2D eigenvalue weighted by atomic mass is 10.0. The summed E-state index contributed by atoms with van der Waals surface area (Å²) in [4.78, 5) is 5.67. The van der Waals surface area contributed by atoms with E-state index in [4.69, 9.17) is 0 Å². The topological polar surface area (TPSA) is 31.1 Å². The van der Waals surface area contributed by atoms with Gasteiger partial charge in [-0.1, -0.05) is 30.9 Å². The average Bonchev–Trinajstić information content (AvgIpc) is 2.99. The van der Waals surface area contributed by atoms with Crippen molar-refractivity contribution in [2.24, 2.45) is 0 Å². The highest BCUT2D eigenvalue weighted by molar-refractivity contribution is 5.68. The van der Waals surface area contributed by atoms with Gasteiger partial charge >= 0.3 is 0 Å². The van der Waals surface area contributed by atoms with Gasteiger partial charge in [-0.25, -0.2) is 4.39 Å². The first-order chi connectivity index (χ1) is 11.6. The largest absolute Gasteiger partial charge is 0.369 e. The summed E-state index contributed by atoms with van der Waals surface area (Å²) in [6.45, 7) is 11.0. The first-order valence-corrected chi connectivity index (χ1v) is 8.36. The number of aromatic amines is 1. The van der Waals surface area contributed by atoms with Crippen LogP contribution in [0.5, 0.6) is 0 Å². The minimum absolute atomic E-state index is 0.205. The molecule has 0 amide bonds. The van der Waals surface area contributed by atoms with Gasteiger partial charge in [0.15, 0.2) is 0 Å². The molecule has 4 heteroatoms. The summed E-state index contributed by atoms with van der Waals surface area (Å²) in [7, 11) is 0. The number of H-pyrrole nitrogens is 1. The molecular formula is C20H24FN3. The minimum Gasteiger partial charge on any atom is -0.369 e. The molecule has 1 atom stereocenters. The molecule has 24 heavy (non-hydrogen) atoms. The Morgan fingerprint density at radius 1 is 1.33 bits per heavy atom. The van der Waals surface area contributed by atoms with Crippen molar-refractivity contribution in [2.45, 2.75) is 19.9 Å². The fourth-order valence-electron chi connectivity index (χ4n) is 3.45. The zero-order valence-corrected chi connectivity index (χ0v) is 14.3. The van der Waals surface area contributed by atoms with E-state index in [1.54, 1.807) is 12.1 Å². The molecule has 0 bridgehead atoms. The van der Waals surface area contributed by atoms with Gasteiger partial charge in [-0.05, 0) is 26.0 Å². The fraction of sp³-hybridized carbons (Fsp3) is 0.300. The number of allylic oxidation sites excluding steroid dienone is 1. The highest BCUT2D eigenvalue weighted by Gasteiger charge is 2.20. The van der Waals surface area contributed by atoms with Crippen LogP contribution >= 0.6 is 0 Å². The molecular weight excluding hydrogens is 301 g/mol. The predicted molar refractivity (Wildman–Crippen MR) is 98.2 cm³/mol. The van der Waals surface area contributed by atoms with E-state index >= 15 is 0 Å². The first-order valence-electron chi connectivity index (χ1n) is 8.36. The molecule has 1 aliphatic rings. The number of hydrogen-bond donors (Lipinski definition) is 2. The Bertz CT molecular complexity index is 850. The van der Waals surface area contributed by atoms with Crippen molar-refractivity contribution in [1.82, 2.24) is 15.2 Å². The van der Waals surface area contributed by atoms with Crippen LogP contribution in [-0.4, -0.2) is 35.6 Å². The number of nitrogens with one attached hydrogen (secondary N) is 2. The lowest BCUT2D eigenvalue weighted by molar-refractivity contribution is 0.255. The van der Waals surface area contributed by atoms with Gasteiger partial charge in [0.25, 0.3) is 0 Å². The van der Waals surface area contributed by atoms with E-state index in [1.807, 2.05) is 24.4 Å². The molecule has 2 N–H and O–H groups in total. The van der Waals surface area contributed by atoms with E-state index in [2.05, 4.69) is 35.6 Å². The summed E-state index contributed by atoms with van der Waals surface area (Å²) >= 11 is 0. The number of aromatic nitrogens is 1. The molecule has 0 unspecified atom stereocenters. The van der Waals surface area contributed by atoms with Crippen molar-refractivity contribution in [3.05, 3.63) is 59.5 Å². The van der Waals surface area contributed by atoms with Gasteiger partial charge < -0.3 is 15.2 Å². The number of hydrogen-bond acceptors (Lipinski definition) is 2. The molecule has 2 aromatic rings. The summed E-state index contributed by atoms with van der Waals surface area (Å²) in [5.74, 6) is -0.205. The van der Waals surface area contributed by atoms with Crippen molar-refractivity contribution in [2.75, 3.05) is 19.6 Å². The fourth-order valence-corrected chi connectivity index (χ4v) is 3.45. The molecule has 1 aromatic carbocycles. The van der Waals surface area contributed by atoms with Crippen LogP contribution in [0.25, 0.3) is 22.9 Å². The molecule has 1 aromatic heterocycles. The van der Waals surface area contributed by atoms with Gasteiger partial charge in [-0.15, -0.1) is 0 Å². The van der Waals surface area contributed by atoms with Crippen molar-refractivity contribution in [3.8, 4) is 11.1 Å². The maximum absolute atomic E-state index is 14.4. The highest BCUT2D eigenvalue weighted by atomic mass is 19.1. The summed E-state index contributed by atoms with van der Waals surface area (Å²) in [6, 6.07) is 7.32. The Balaban J connectivity index is 2.27. The number of halogens is 1. The van der Waals surface area contributed by atoms with Gasteiger partial charge in [0, 0.05) is 59.3 Å². The Morgan fingerprint density at radius 2 is 2.12 bits per heavy atom. The molecule has 2 heterocycles. The molecule has 0 radical (unpaired) electrons. The molecule has 1 aliphatic heterocycles. The lowest BCUT2D eigenvalue weighted by Gasteiger charge is -2.36. The van der Waals surface area contributed by atoms with Crippen LogP contribution in [0.3, 0.4) is 0 Å². The molecule has 1 saturated heterocycles. The quantitative estimate of drug-likeness (QED) is 0.906. The van der Waals surface area contributed by atoms with Crippen molar-refractivity contribution >= 4 is 11.8 Å². The van der Waals surface area contributed by atoms with E-state index < -0.39 is 0 Å². The van der Waals surface area contributed by atoms with Gasteiger partial charge in [0.1, 0.15) is 5.82 Å². The van der Waals surface area contributed by atoms with Gasteiger partial charge in [0.2, 0.25) is 0 Å². The molecule has 126 valence electrons. The third-order valence-corrected chi connectivity index (χ3v) is 4.65. The molecule has 1 fully saturated rings. The van der Waals surface area contributed by atoms with Crippen LogP contribution < -0.4 is 15.9 Å². The standard InChI is InChI=1S/C20H24FN3/c1-4-7-19-20(15(3)24-11-10-22-12-14(24)2)17(13-23-19)16-8-5-6-9-18(16)21/h4-9,13-14,22-23H,1,10-12H2,2-3H3/b19-7+,20-15+/t14-/m0/s1. The number of nitrogens with zero attached hydrogens (tertiary/aromatic N) is 1. The number of benzene rings is 1. The van der Waals surface area contributed by atoms with Crippen molar-refractivity contribution < 1.29 is 4.39 Å². The molecule has 0 aliphatic carbocycles. The summed E-state index contributed by atoms with van der Waals surface area (Å²) < 4.78 is 14.4. The van der Waals surface area contributed by atoms with Gasteiger partial charge in [-0.3, -0.25) is 0 Å². The van der Waals surface area contributed by atoms with Gasteiger partial charge in [-0.2, -0.15) is 0 Å². The zero-order valence-electron chi connectivity index (χ0n) is 14.3. The van der Waals surface area contributed by atoms with E-state index in [-0.39, 0.29) is 5.82 Å². The van der Waals surface area contributed by atoms with Crippen LogP contribution in [-0.2, 0) is 0 Å². The summed E-state index contributed by atoms with van der Waals surface area (Å²) in [5.41, 5.74) is 2.68. The Morgan fingerprint density at radius 3 is 2.83 bits per heavy atom. The predicted octanol–water partition coefficient (Wildman–Crippen LogP) is 2.21. The Labute approximate surface area is 142 Å².